The topological polar surface area (TPSA) is 139 Å². The van der Waals surface area contributed by atoms with Gasteiger partial charge in [0.25, 0.3) is 5.69 Å². The number of rotatable bonds is 5. The van der Waals surface area contributed by atoms with E-state index in [0.29, 0.717) is 5.56 Å². The molecule has 0 fully saturated rings. The first-order chi connectivity index (χ1) is 10.8. The van der Waals surface area contributed by atoms with E-state index in [1.54, 1.807) is 0 Å². The second kappa shape index (κ2) is 6.05. The van der Waals surface area contributed by atoms with Gasteiger partial charge in [0, 0.05) is 11.6 Å². The Morgan fingerprint density at radius 2 is 1.57 bits per heavy atom. The number of aryl methyl sites for hydroxylation is 1. The van der Waals surface area contributed by atoms with Crippen LogP contribution in [0.25, 0.3) is 0 Å². The molecule has 0 N–H and O–H groups in total. The van der Waals surface area contributed by atoms with Crippen LogP contribution < -0.4 is 4.74 Å². The minimum atomic E-state index is -0.857. The average molecular weight is 319 g/mol. The Labute approximate surface area is 128 Å². The van der Waals surface area contributed by atoms with Gasteiger partial charge >= 0.3 is 11.4 Å². The van der Waals surface area contributed by atoms with Crippen LogP contribution in [0, 0.1) is 37.3 Å². The molecule has 10 nitrogen and oxygen atoms in total. The van der Waals surface area contributed by atoms with Gasteiger partial charge in [-0.3, -0.25) is 30.3 Å². The van der Waals surface area contributed by atoms with E-state index >= 15 is 0 Å². The molecule has 0 amide bonds. The first kappa shape index (κ1) is 15.8. The van der Waals surface area contributed by atoms with Gasteiger partial charge < -0.3 is 4.74 Å². The number of para-hydroxylation sites is 1. The van der Waals surface area contributed by atoms with Crippen molar-refractivity contribution in [3.05, 3.63) is 72.3 Å². The number of nitro groups is 3. The third-order valence-electron chi connectivity index (χ3n) is 2.95. The Morgan fingerprint density at radius 1 is 0.870 bits per heavy atom. The molecule has 2 aromatic carbocycles. The quantitative estimate of drug-likeness (QED) is 0.606. The summed E-state index contributed by atoms with van der Waals surface area (Å²) in [5.41, 5.74) is -1.16. The summed E-state index contributed by atoms with van der Waals surface area (Å²) in [6.07, 6.45) is 0. The minimum absolute atomic E-state index is 0.188. The summed E-state index contributed by atoms with van der Waals surface area (Å²) in [5, 5.41) is 32.8. The van der Waals surface area contributed by atoms with Crippen LogP contribution in [0.5, 0.6) is 11.5 Å². The van der Waals surface area contributed by atoms with Crippen molar-refractivity contribution in [2.75, 3.05) is 0 Å². The molecule has 0 saturated heterocycles. The molecule has 0 heterocycles. The third kappa shape index (κ3) is 3.20. The zero-order chi connectivity index (χ0) is 17.1. The maximum absolute atomic E-state index is 11.1. The van der Waals surface area contributed by atoms with Crippen molar-refractivity contribution >= 4 is 17.1 Å². The standard InChI is InChI=1S/C13H9N3O7/c1-8-3-2-4-12(13(8)16(21)22)23-11-6-5-9(14(17)18)7-10(11)15(19)20/h2-7H,1H3. The zero-order valence-electron chi connectivity index (χ0n) is 11.7. The third-order valence-corrected chi connectivity index (χ3v) is 2.95. The lowest BCUT2D eigenvalue weighted by Gasteiger charge is -2.08. The van der Waals surface area contributed by atoms with E-state index in [1.807, 2.05) is 0 Å². The maximum Gasteiger partial charge on any atom is 0.318 e. The molecule has 0 spiro atoms. The van der Waals surface area contributed by atoms with Gasteiger partial charge in [0.2, 0.25) is 11.5 Å². The molecule has 0 aromatic heterocycles. The molecule has 0 atom stereocenters. The van der Waals surface area contributed by atoms with E-state index in [2.05, 4.69) is 0 Å². The zero-order valence-corrected chi connectivity index (χ0v) is 11.7. The summed E-state index contributed by atoms with van der Waals surface area (Å²) in [6.45, 7) is 1.50. The molecule has 0 bridgehead atoms. The molecule has 0 aliphatic rings. The van der Waals surface area contributed by atoms with Crippen LogP contribution in [0.3, 0.4) is 0 Å². The van der Waals surface area contributed by atoms with Gasteiger partial charge in [-0.2, -0.15) is 0 Å². The van der Waals surface area contributed by atoms with Crippen LogP contribution in [0.1, 0.15) is 5.56 Å². The molecule has 23 heavy (non-hydrogen) atoms. The fourth-order valence-electron chi connectivity index (χ4n) is 1.92. The number of non-ortho nitro benzene ring substituents is 1. The van der Waals surface area contributed by atoms with Crippen molar-refractivity contribution in [1.82, 2.24) is 0 Å². The predicted octanol–water partition coefficient (Wildman–Crippen LogP) is 3.51. The Hall–Kier alpha value is -3.56. The summed E-state index contributed by atoms with van der Waals surface area (Å²) in [7, 11) is 0. The van der Waals surface area contributed by atoms with Crippen LogP contribution in [0.2, 0.25) is 0 Å². The van der Waals surface area contributed by atoms with E-state index in [4.69, 9.17) is 4.74 Å². The van der Waals surface area contributed by atoms with Gasteiger partial charge in [0.05, 0.1) is 20.8 Å². The first-order valence-corrected chi connectivity index (χ1v) is 6.16. The molecular formula is C13H9N3O7. The highest BCUT2D eigenvalue weighted by Gasteiger charge is 2.25. The van der Waals surface area contributed by atoms with Crippen LogP contribution in [0.4, 0.5) is 17.1 Å². The molecule has 10 heteroatoms. The fourth-order valence-corrected chi connectivity index (χ4v) is 1.92. The summed E-state index contributed by atoms with van der Waals surface area (Å²) in [6, 6.07) is 7.06. The molecule has 118 valence electrons. The second-order valence-electron chi connectivity index (χ2n) is 4.45. The highest BCUT2D eigenvalue weighted by molar-refractivity contribution is 5.58. The SMILES string of the molecule is Cc1cccc(Oc2ccc([N+](=O)[O-])cc2[N+](=O)[O-])c1[N+](=O)[O-]. The van der Waals surface area contributed by atoms with Crippen molar-refractivity contribution in [3.8, 4) is 11.5 Å². The van der Waals surface area contributed by atoms with Crippen molar-refractivity contribution < 1.29 is 19.5 Å². The highest BCUT2D eigenvalue weighted by atomic mass is 16.6. The van der Waals surface area contributed by atoms with Crippen LogP contribution in [0.15, 0.2) is 36.4 Å². The summed E-state index contributed by atoms with van der Waals surface area (Å²) >= 11 is 0. The minimum Gasteiger partial charge on any atom is -0.443 e. The van der Waals surface area contributed by atoms with E-state index in [0.717, 1.165) is 18.2 Å². The van der Waals surface area contributed by atoms with E-state index in [-0.39, 0.29) is 17.2 Å². The van der Waals surface area contributed by atoms with Gasteiger partial charge in [-0.05, 0) is 19.1 Å². The van der Waals surface area contributed by atoms with Gasteiger partial charge in [-0.25, -0.2) is 0 Å². The first-order valence-electron chi connectivity index (χ1n) is 6.16. The predicted molar refractivity (Wildman–Crippen MR) is 77.7 cm³/mol. The van der Waals surface area contributed by atoms with Gasteiger partial charge in [0.1, 0.15) is 0 Å². The second-order valence-corrected chi connectivity index (χ2v) is 4.45. The smallest absolute Gasteiger partial charge is 0.318 e. The Bertz CT molecular complexity index is 819. The molecular weight excluding hydrogens is 310 g/mol. The number of nitrogens with zero attached hydrogens (tertiary/aromatic N) is 3. The molecule has 0 unspecified atom stereocenters. The van der Waals surface area contributed by atoms with Crippen LogP contribution in [-0.2, 0) is 0 Å². The van der Waals surface area contributed by atoms with Gasteiger partial charge in [-0.15, -0.1) is 0 Å². The van der Waals surface area contributed by atoms with E-state index in [1.165, 1.54) is 25.1 Å². The van der Waals surface area contributed by atoms with Crippen molar-refractivity contribution in [2.24, 2.45) is 0 Å². The lowest BCUT2D eigenvalue weighted by molar-refractivity contribution is -0.394. The van der Waals surface area contributed by atoms with Crippen LogP contribution >= 0.6 is 0 Å². The van der Waals surface area contributed by atoms with Crippen LogP contribution in [-0.4, -0.2) is 14.8 Å². The monoisotopic (exact) mass is 319 g/mol. The lowest BCUT2D eigenvalue weighted by Crippen LogP contribution is -1.99. The average Bonchev–Trinajstić information content (AvgIpc) is 2.46. The highest BCUT2D eigenvalue weighted by Crippen LogP contribution is 2.38. The number of nitro benzene ring substituents is 3. The summed E-state index contributed by atoms with van der Waals surface area (Å²) in [4.78, 5) is 30.5. The van der Waals surface area contributed by atoms with E-state index < -0.39 is 26.1 Å². The number of ether oxygens (including phenoxy) is 1. The van der Waals surface area contributed by atoms with Crippen molar-refractivity contribution in [2.45, 2.75) is 6.92 Å². The van der Waals surface area contributed by atoms with E-state index in [9.17, 15) is 30.3 Å². The largest absolute Gasteiger partial charge is 0.443 e. The normalized spacial score (nSPS) is 10.1. The van der Waals surface area contributed by atoms with Crippen molar-refractivity contribution in [1.29, 1.82) is 0 Å². The Balaban J connectivity index is 2.53. The Morgan fingerprint density at radius 3 is 2.13 bits per heavy atom. The molecule has 2 rings (SSSR count). The fraction of sp³-hybridized carbons (Fsp3) is 0.0769. The number of benzene rings is 2. The van der Waals surface area contributed by atoms with Gasteiger partial charge in [0.15, 0.2) is 0 Å². The molecule has 0 saturated carbocycles. The summed E-state index contributed by atoms with van der Waals surface area (Å²) in [5.74, 6) is -0.513. The van der Waals surface area contributed by atoms with Gasteiger partial charge in [-0.1, -0.05) is 12.1 Å². The number of hydrogen-bond acceptors (Lipinski definition) is 7. The molecule has 0 aliphatic carbocycles. The molecule has 2 aromatic rings. The number of hydrogen-bond donors (Lipinski definition) is 0. The molecule has 0 aliphatic heterocycles. The summed E-state index contributed by atoms with van der Waals surface area (Å²) < 4.78 is 5.27. The van der Waals surface area contributed by atoms with Crippen molar-refractivity contribution in [3.63, 3.8) is 0 Å². The lowest BCUT2D eigenvalue weighted by atomic mass is 10.2. The molecule has 0 radical (unpaired) electrons. The Kier molecular flexibility index (Phi) is 4.16. The maximum atomic E-state index is 11.1.